The van der Waals surface area contributed by atoms with Gasteiger partial charge < -0.3 is 9.72 Å². The number of aromatic amines is 1. The molecule has 108 valence electrons. The first-order valence-corrected chi connectivity index (χ1v) is 7.68. The topological polar surface area (TPSA) is 84.1 Å². The maximum Gasteiger partial charge on any atom is 0.278 e. The Labute approximate surface area is 118 Å². The number of aromatic nitrogens is 2. The molecule has 1 aromatic carbocycles. The van der Waals surface area contributed by atoms with Crippen molar-refractivity contribution < 1.29 is 13.2 Å². The molecular formula is C13H17N3O3S. The van der Waals surface area contributed by atoms with Crippen molar-refractivity contribution >= 4 is 15.7 Å². The minimum Gasteiger partial charge on any atom is -0.380 e. The summed E-state index contributed by atoms with van der Waals surface area (Å²) in [5, 5.41) is 0.0616. The number of hydrogen-bond donors (Lipinski definition) is 2. The fourth-order valence-electron chi connectivity index (χ4n) is 1.76. The van der Waals surface area contributed by atoms with Crippen molar-refractivity contribution in [3.63, 3.8) is 0 Å². The number of ether oxygens (including phenoxy) is 1. The van der Waals surface area contributed by atoms with E-state index >= 15 is 0 Å². The van der Waals surface area contributed by atoms with E-state index in [1.807, 2.05) is 13.0 Å². The molecule has 0 saturated carbocycles. The minimum absolute atomic E-state index is 0.0616. The Balaban J connectivity index is 2.21. The number of sulfonamides is 1. The molecule has 0 aliphatic carbocycles. The Hall–Kier alpha value is -1.86. The van der Waals surface area contributed by atoms with Crippen LogP contribution in [0.25, 0.3) is 0 Å². The van der Waals surface area contributed by atoms with Crippen LogP contribution in [-0.2, 0) is 27.8 Å². The molecule has 6 nitrogen and oxygen atoms in total. The van der Waals surface area contributed by atoms with Gasteiger partial charge in [-0.1, -0.05) is 19.1 Å². The smallest absolute Gasteiger partial charge is 0.278 e. The molecule has 2 rings (SSSR count). The Kier molecular flexibility index (Phi) is 4.41. The fraction of sp³-hybridized carbons (Fsp3) is 0.308. The Morgan fingerprint density at radius 3 is 2.85 bits per heavy atom. The Bertz CT molecular complexity index is 680. The second-order valence-corrected chi connectivity index (χ2v) is 5.94. The van der Waals surface area contributed by atoms with Crippen LogP contribution in [0.5, 0.6) is 0 Å². The quantitative estimate of drug-likeness (QED) is 0.852. The highest BCUT2D eigenvalue weighted by Gasteiger charge is 2.17. The van der Waals surface area contributed by atoms with Crippen molar-refractivity contribution in [3.05, 3.63) is 41.9 Å². The summed E-state index contributed by atoms with van der Waals surface area (Å²) in [6, 6.07) is 7.06. The van der Waals surface area contributed by atoms with Crippen molar-refractivity contribution in [1.82, 2.24) is 9.97 Å². The number of nitrogens with one attached hydrogen (secondary N) is 2. The largest absolute Gasteiger partial charge is 0.380 e. The van der Waals surface area contributed by atoms with Crippen molar-refractivity contribution in [1.29, 1.82) is 0 Å². The molecule has 0 fully saturated rings. The average molecular weight is 295 g/mol. The summed E-state index contributed by atoms with van der Waals surface area (Å²) in [5.74, 6) is 0.638. The lowest BCUT2D eigenvalue weighted by Crippen LogP contribution is -2.13. The summed E-state index contributed by atoms with van der Waals surface area (Å²) < 4.78 is 31.9. The summed E-state index contributed by atoms with van der Waals surface area (Å²) in [6.07, 6.45) is 1.97. The monoisotopic (exact) mass is 295 g/mol. The highest BCUT2D eigenvalue weighted by Crippen LogP contribution is 2.16. The van der Waals surface area contributed by atoms with Crippen molar-refractivity contribution in [3.8, 4) is 0 Å². The molecule has 0 atom stereocenters. The van der Waals surface area contributed by atoms with E-state index in [0.717, 1.165) is 5.56 Å². The molecule has 2 N–H and O–H groups in total. The number of anilines is 1. The van der Waals surface area contributed by atoms with Gasteiger partial charge in [0.15, 0.2) is 5.03 Å². The molecule has 2 aromatic rings. The van der Waals surface area contributed by atoms with Crippen LogP contribution in [0.1, 0.15) is 18.3 Å². The standard InChI is InChI=1S/C13H17N3O3S/c1-3-12-14-8-13(15-12)20(17,18)16-11-6-4-5-10(7-11)9-19-2/h4-8,16H,3,9H2,1-2H3,(H,14,15). The molecule has 0 unspecified atom stereocenters. The highest BCUT2D eigenvalue weighted by molar-refractivity contribution is 7.92. The molecule has 1 aromatic heterocycles. The number of benzene rings is 1. The second-order valence-electron chi connectivity index (χ2n) is 4.29. The molecule has 0 amide bonds. The summed E-state index contributed by atoms with van der Waals surface area (Å²) >= 11 is 0. The predicted molar refractivity (Wildman–Crippen MR) is 75.9 cm³/mol. The molecule has 0 spiro atoms. The zero-order valence-corrected chi connectivity index (χ0v) is 12.2. The molecule has 0 aliphatic rings. The first kappa shape index (κ1) is 14.5. The van der Waals surface area contributed by atoms with Gasteiger partial charge in [-0.25, -0.2) is 4.98 Å². The molecule has 0 radical (unpaired) electrons. The molecule has 7 heteroatoms. The lowest BCUT2D eigenvalue weighted by Gasteiger charge is -2.07. The van der Waals surface area contributed by atoms with E-state index in [-0.39, 0.29) is 5.03 Å². The van der Waals surface area contributed by atoms with Gasteiger partial charge in [0.05, 0.1) is 12.8 Å². The Morgan fingerprint density at radius 1 is 1.40 bits per heavy atom. The molecule has 1 heterocycles. The zero-order chi connectivity index (χ0) is 14.6. The van der Waals surface area contributed by atoms with Gasteiger partial charge in [0, 0.05) is 19.2 Å². The highest BCUT2D eigenvalue weighted by atomic mass is 32.2. The SMILES string of the molecule is CCc1ncc(S(=O)(=O)Nc2cccc(COC)c2)[nH]1. The lowest BCUT2D eigenvalue weighted by atomic mass is 10.2. The van der Waals surface area contributed by atoms with E-state index in [2.05, 4.69) is 14.7 Å². The summed E-state index contributed by atoms with van der Waals surface area (Å²) in [7, 11) is -2.05. The number of nitrogens with zero attached hydrogens (tertiary/aromatic N) is 1. The van der Waals surface area contributed by atoms with E-state index in [0.29, 0.717) is 24.5 Å². The average Bonchev–Trinajstić information content (AvgIpc) is 2.88. The van der Waals surface area contributed by atoms with E-state index in [4.69, 9.17) is 4.74 Å². The van der Waals surface area contributed by atoms with Crippen LogP contribution in [0.3, 0.4) is 0 Å². The van der Waals surface area contributed by atoms with Crippen molar-refractivity contribution in [2.24, 2.45) is 0 Å². The van der Waals surface area contributed by atoms with Gasteiger partial charge in [-0.15, -0.1) is 0 Å². The van der Waals surface area contributed by atoms with E-state index < -0.39 is 10.0 Å². The van der Waals surface area contributed by atoms with Crippen LogP contribution >= 0.6 is 0 Å². The van der Waals surface area contributed by atoms with Crippen molar-refractivity contribution in [2.45, 2.75) is 25.0 Å². The molecule has 20 heavy (non-hydrogen) atoms. The summed E-state index contributed by atoms with van der Waals surface area (Å²) in [4.78, 5) is 6.77. The number of H-pyrrole nitrogens is 1. The molecule has 0 saturated heterocycles. The van der Waals surface area contributed by atoms with E-state index in [1.165, 1.54) is 6.20 Å². The van der Waals surface area contributed by atoms with Crippen LogP contribution in [0.15, 0.2) is 35.5 Å². The van der Waals surface area contributed by atoms with Gasteiger partial charge >= 0.3 is 0 Å². The first-order valence-electron chi connectivity index (χ1n) is 6.19. The van der Waals surface area contributed by atoms with E-state index in [1.54, 1.807) is 25.3 Å². The van der Waals surface area contributed by atoms with Gasteiger partial charge in [-0.3, -0.25) is 4.72 Å². The third-order valence-corrected chi connectivity index (χ3v) is 4.01. The molecular weight excluding hydrogens is 278 g/mol. The van der Waals surface area contributed by atoms with Crippen LogP contribution in [0.4, 0.5) is 5.69 Å². The lowest BCUT2D eigenvalue weighted by molar-refractivity contribution is 0.185. The third-order valence-electron chi connectivity index (χ3n) is 2.72. The number of hydrogen-bond acceptors (Lipinski definition) is 4. The van der Waals surface area contributed by atoms with Gasteiger partial charge in [0.2, 0.25) is 0 Å². The van der Waals surface area contributed by atoms with Gasteiger partial charge in [-0.05, 0) is 17.7 Å². The molecule has 0 bridgehead atoms. The second kappa shape index (κ2) is 6.06. The van der Waals surface area contributed by atoms with Gasteiger partial charge in [0.1, 0.15) is 5.82 Å². The van der Waals surface area contributed by atoms with Crippen LogP contribution in [0.2, 0.25) is 0 Å². The maximum atomic E-state index is 12.2. The number of imidazole rings is 1. The normalized spacial score (nSPS) is 11.5. The fourth-order valence-corrected chi connectivity index (χ4v) is 2.75. The third kappa shape index (κ3) is 3.37. The maximum absolute atomic E-state index is 12.2. The Morgan fingerprint density at radius 2 is 2.20 bits per heavy atom. The zero-order valence-electron chi connectivity index (χ0n) is 11.4. The number of aryl methyl sites for hydroxylation is 1. The van der Waals surface area contributed by atoms with Crippen molar-refractivity contribution in [2.75, 3.05) is 11.8 Å². The summed E-state index contributed by atoms with van der Waals surface area (Å²) in [6.45, 7) is 2.33. The molecule has 0 aliphatic heterocycles. The van der Waals surface area contributed by atoms with E-state index in [9.17, 15) is 8.42 Å². The number of methoxy groups -OCH3 is 1. The summed E-state index contributed by atoms with van der Waals surface area (Å²) in [5.41, 5.74) is 1.39. The van der Waals surface area contributed by atoms with Gasteiger partial charge in [0.25, 0.3) is 10.0 Å². The minimum atomic E-state index is -3.64. The van der Waals surface area contributed by atoms with Crippen LogP contribution in [-0.4, -0.2) is 25.5 Å². The van der Waals surface area contributed by atoms with Crippen LogP contribution < -0.4 is 4.72 Å². The number of rotatable bonds is 6. The first-order chi connectivity index (χ1) is 9.55. The van der Waals surface area contributed by atoms with Gasteiger partial charge in [-0.2, -0.15) is 8.42 Å². The van der Waals surface area contributed by atoms with Crippen LogP contribution in [0, 0.1) is 0 Å². The predicted octanol–water partition coefficient (Wildman–Crippen LogP) is 1.92.